The SMILES string of the molecule is C=CC(=O)N1C[C@@H](n2nc(C#Cc3cc4nnc5c(c4cc3Cl)C(CC)CC5)c(C(N)=O)c2NC)C[C@@H]1COC. The number of hydrogen-bond acceptors (Lipinski definition) is 7. The van der Waals surface area contributed by atoms with E-state index in [1.54, 1.807) is 23.7 Å². The van der Waals surface area contributed by atoms with Gasteiger partial charge in [0.1, 0.15) is 11.4 Å². The molecule has 3 N–H and O–H groups in total. The van der Waals surface area contributed by atoms with E-state index in [0.717, 1.165) is 35.9 Å². The Kier molecular flexibility index (Phi) is 7.79. The molecular weight excluding hydrogens is 530 g/mol. The van der Waals surface area contributed by atoms with Crippen molar-refractivity contribution in [1.29, 1.82) is 0 Å². The lowest BCUT2D eigenvalue weighted by atomic mass is 9.96. The highest BCUT2D eigenvalue weighted by Crippen LogP contribution is 2.39. The van der Waals surface area contributed by atoms with Gasteiger partial charge in [-0.05, 0) is 61.3 Å². The van der Waals surface area contributed by atoms with Gasteiger partial charge in [0, 0.05) is 31.7 Å². The van der Waals surface area contributed by atoms with Crippen LogP contribution >= 0.6 is 11.6 Å². The summed E-state index contributed by atoms with van der Waals surface area (Å²) in [6.07, 6.45) is 4.89. The number of hydrogen-bond donors (Lipinski definition) is 2. The molecule has 2 aliphatic rings. The first-order valence-corrected chi connectivity index (χ1v) is 13.7. The number of nitrogens with one attached hydrogen (secondary N) is 1. The summed E-state index contributed by atoms with van der Waals surface area (Å²) < 4.78 is 7.02. The number of fused-ring (bicyclic) bond motifs is 3. The van der Waals surface area contributed by atoms with E-state index in [1.807, 2.05) is 12.1 Å². The molecule has 1 unspecified atom stereocenters. The van der Waals surface area contributed by atoms with Gasteiger partial charge in [-0.2, -0.15) is 15.3 Å². The molecule has 0 spiro atoms. The van der Waals surface area contributed by atoms with Crippen LogP contribution in [0.25, 0.3) is 10.9 Å². The second-order valence-electron chi connectivity index (χ2n) is 10.1. The largest absolute Gasteiger partial charge is 0.383 e. The maximum atomic E-state index is 12.6. The van der Waals surface area contributed by atoms with E-state index in [-0.39, 0.29) is 29.2 Å². The van der Waals surface area contributed by atoms with Crippen molar-refractivity contribution in [3.8, 4) is 11.8 Å². The average Bonchev–Trinajstić information content (AvgIpc) is 3.66. The van der Waals surface area contributed by atoms with Crippen molar-refractivity contribution in [2.75, 3.05) is 32.6 Å². The van der Waals surface area contributed by atoms with Crippen molar-refractivity contribution < 1.29 is 14.3 Å². The molecule has 5 rings (SSSR count). The summed E-state index contributed by atoms with van der Waals surface area (Å²) in [6.45, 7) is 6.53. The van der Waals surface area contributed by atoms with Gasteiger partial charge in [-0.15, -0.1) is 0 Å². The molecule has 11 heteroatoms. The molecule has 0 saturated carbocycles. The number of halogens is 1. The van der Waals surface area contributed by atoms with E-state index in [2.05, 4.69) is 46.0 Å². The molecule has 40 heavy (non-hydrogen) atoms. The minimum atomic E-state index is -0.665. The number of carbonyl (C=O) groups is 2. The Morgan fingerprint density at radius 2 is 2.12 bits per heavy atom. The molecule has 3 atom stereocenters. The number of likely N-dealkylation sites (tertiary alicyclic amines) is 1. The zero-order valence-corrected chi connectivity index (χ0v) is 23.6. The summed E-state index contributed by atoms with van der Waals surface area (Å²) in [4.78, 5) is 26.7. The van der Waals surface area contributed by atoms with E-state index in [9.17, 15) is 9.59 Å². The molecule has 1 aliphatic heterocycles. The van der Waals surface area contributed by atoms with Crippen molar-refractivity contribution in [2.24, 2.45) is 5.73 Å². The number of nitrogens with two attached hydrogens (primary N) is 1. The average molecular weight is 562 g/mol. The first-order chi connectivity index (χ1) is 19.3. The lowest BCUT2D eigenvalue weighted by Crippen LogP contribution is -2.37. The fourth-order valence-corrected chi connectivity index (χ4v) is 6.19. The number of aromatic nitrogens is 4. The Labute approximate surface area is 237 Å². The molecule has 1 aliphatic carbocycles. The van der Waals surface area contributed by atoms with Crippen LogP contribution in [0.5, 0.6) is 0 Å². The number of ether oxygens (including phenoxy) is 1. The summed E-state index contributed by atoms with van der Waals surface area (Å²) in [5, 5.41) is 18.1. The van der Waals surface area contributed by atoms with Gasteiger partial charge in [0.25, 0.3) is 5.91 Å². The number of carbonyl (C=O) groups excluding carboxylic acids is 2. The number of aryl methyl sites for hydroxylation is 1. The number of anilines is 1. The first-order valence-electron chi connectivity index (χ1n) is 13.3. The molecule has 3 aromatic rings. The molecule has 0 bridgehead atoms. The van der Waals surface area contributed by atoms with Crippen LogP contribution in [0.4, 0.5) is 5.82 Å². The highest BCUT2D eigenvalue weighted by atomic mass is 35.5. The standard InChI is InChI=1S/C29H32ClN7O3/c1-5-16-7-9-22-26(16)20-13-21(30)17(11-24(20)34-33-22)8-10-23-27(28(31)39)29(32-3)37(35-23)18-12-19(15-40-4)36(14-18)25(38)6-2/h6,11,13,16,18-19,32H,2,5,7,9,12,14-15H2,1,3-4H3,(H2,31,39)/t16?,18-,19+/m0/s1. The molecule has 1 fully saturated rings. The van der Waals surface area contributed by atoms with Gasteiger partial charge in [-0.3, -0.25) is 9.59 Å². The predicted molar refractivity (Wildman–Crippen MR) is 153 cm³/mol. The van der Waals surface area contributed by atoms with Gasteiger partial charge in [-0.1, -0.05) is 31.0 Å². The molecule has 0 radical (unpaired) electrons. The van der Waals surface area contributed by atoms with E-state index in [1.165, 1.54) is 11.6 Å². The number of benzene rings is 1. The Morgan fingerprint density at radius 1 is 1.32 bits per heavy atom. The van der Waals surface area contributed by atoms with Gasteiger partial charge in [-0.25, -0.2) is 4.68 Å². The molecule has 10 nitrogen and oxygen atoms in total. The summed E-state index contributed by atoms with van der Waals surface area (Å²) in [5.41, 5.74) is 9.73. The third-order valence-corrected chi connectivity index (χ3v) is 8.17. The second kappa shape index (κ2) is 11.3. The molecule has 2 amide bonds. The summed E-state index contributed by atoms with van der Waals surface area (Å²) in [7, 11) is 3.28. The van der Waals surface area contributed by atoms with Crippen LogP contribution in [0.2, 0.25) is 5.02 Å². The quantitative estimate of drug-likeness (QED) is 0.334. The van der Waals surface area contributed by atoms with Crippen LogP contribution in [-0.2, 0) is 16.0 Å². The Balaban J connectivity index is 1.54. The highest BCUT2D eigenvalue weighted by molar-refractivity contribution is 6.32. The second-order valence-corrected chi connectivity index (χ2v) is 10.5. The zero-order chi connectivity index (χ0) is 28.6. The molecule has 1 aromatic carbocycles. The Morgan fingerprint density at radius 3 is 2.80 bits per heavy atom. The van der Waals surface area contributed by atoms with Crippen LogP contribution in [0.1, 0.15) is 71.0 Å². The maximum absolute atomic E-state index is 12.6. The van der Waals surface area contributed by atoms with Gasteiger partial charge < -0.3 is 20.7 Å². The van der Waals surface area contributed by atoms with Crippen molar-refractivity contribution in [2.45, 2.75) is 50.6 Å². The zero-order valence-electron chi connectivity index (χ0n) is 22.8. The maximum Gasteiger partial charge on any atom is 0.255 e. The van der Waals surface area contributed by atoms with E-state index in [4.69, 9.17) is 22.1 Å². The minimum Gasteiger partial charge on any atom is -0.383 e. The van der Waals surface area contributed by atoms with Crippen molar-refractivity contribution in [3.63, 3.8) is 0 Å². The Bertz CT molecular complexity index is 1570. The first kappa shape index (κ1) is 27.6. The van der Waals surface area contributed by atoms with Crippen LogP contribution in [0.3, 0.4) is 0 Å². The summed E-state index contributed by atoms with van der Waals surface area (Å²) in [6, 6.07) is 3.35. The monoisotopic (exact) mass is 561 g/mol. The number of nitrogens with zero attached hydrogens (tertiary/aromatic N) is 5. The van der Waals surface area contributed by atoms with Gasteiger partial charge in [0.05, 0.1) is 34.9 Å². The topological polar surface area (TPSA) is 128 Å². The summed E-state index contributed by atoms with van der Waals surface area (Å²) >= 11 is 6.70. The number of primary amides is 1. The molecule has 3 heterocycles. The fourth-order valence-electron chi connectivity index (χ4n) is 5.98. The van der Waals surface area contributed by atoms with E-state index >= 15 is 0 Å². The fraction of sp³-hybridized carbons (Fsp3) is 0.414. The van der Waals surface area contributed by atoms with E-state index in [0.29, 0.717) is 41.9 Å². The Hall–Kier alpha value is -3.94. The lowest BCUT2D eigenvalue weighted by molar-refractivity contribution is -0.127. The van der Waals surface area contributed by atoms with Crippen molar-refractivity contribution in [3.05, 3.63) is 57.9 Å². The molecule has 2 aromatic heterocycles. The third kappa shape index (κ3) is 4.80. The van der Waals surface area contributed by atoms with Crippen molar-refractivity contribution >= 4 is 40.1 Å². The highest BCUT2D eigenvalue weighted by Gasteiger charge is 2.38. The molecule has 208 valence electrons. The molecular formula is C29H32ClN7O3. The number of amides is 2. The lowest BCUT2D eigenvalue weighted by Gasteiger charge is -2.22. The summed E-state index contributed by atoms with van der Waals surface area (Å²) in [5.74, 6) is 6.10. The van der Waals surface area contributed by atoms with Crippen LogP contribution < -0.4 is 11.1 Å². The normalized spacial score (nSPS) is 19.8. The van der Waals surface area contributed by atoms with Crippen LogP contribution in [0, 0.1) is 11.8 Å². The smallest absolute Gasteiger partial charge is 0.255 e. The van der Waals surface area contributed by atoms with Gasteiger partial charge >= 0.3 is 0 Å². The van der Waals surface area contributed by atoms with E-state index < -0.39 is 5.91 Å². The minimum absolute atomic E-state index is 0.160. The van der Waals surface area contributed by atoms with Crippen LogP contribution in [0.15, 0.2) is 24.8 Å². The van der Waals surface area contributed by atoms with Crippen molar-refractivity contribution in [1.82, 2.24) is 24.9 Å². The predicted octanol–water partition coefficient (Wildman–Crippen LogP) is 3.43. The van der Waals surface area contributed by atoms with Gasteiger partial charge in [0.2, 0.25) is 5.91 Å². The number of methoxy groups -OCH3 is 1. The number of rotatable bonds is 7. The van der Waals surface area contributed by atoms with Crippen LogP contribution in [-0.4, -0.2) is 70.0 Å². The van der Waals surface area contributed by atoms with Gasteiger partial charge in [0.15, 0.2) is 5.69 Å². The molecule has 1 saturated heterocycles. The third-order valence-electron chi connectivity index (χ3n) is 7.86.